The molecule has 478 valence electrons. The molecular weight excluding hydrogens is 997 g/mol. The number of esters is 3. The van der Waals surface area contributed by atoms with Crippen LogP contribution in [0.4, 0.5) is 0 Å². The molecule has 0 aliphatic rings. The zero-order chi connectivity index (χ0) is 58.5. The number of rotatable bonds is 69. The summed E-state index contributed by atoms with van der Waals surface area (Å²) in [5.41, 5.74) is 0. The van der Waals surface area contributed by atoms with Crippen LogP contribution >= 0.6 is 0 Å². The summed E-state index contributed by atoms with van der Waals surface area (Å²) in [6, 6.07) is 0. The largest absolute Gasteiger partial charge is 0.462 e. The Hall–Kier alpha value is -2.11. The molecule has 6 nitrogen and oxygen atoms in total. The van der Waals surface area contributed by atoms with Crippen molar-refractivity contribution in [2.45, 2.75) is 425 Å². The third-order valence-corrected chi connectivity index (χ3v) is 16.9. The molecule has 0 aromatic heterocycles. The lowest BCUT2D eigenvalue weighted by Crippen LogP contribution is -2.30. The number of carbonyl (C=O) groups is 3. The summed E-state index contributed by atoms with van der Waals surface area (Å²) in [5, 5.41) is 0. The van der Waals surface area contributed by atoms with Gasteiger partial charge in [0.15, 0.2) is 6.10 Å². The van der Waals surface area contributed by atoms with Gasteiger partial charge in [0.25, 0.3) is 0 Å². The van der Waals surface area contributed by atoms with E-state index in [1.54, 1.807) is 0 Å². The third-order valence-electron chi connectivity index (χ3n) is 16.9. The zero-order valence-corrected chi connectivity index (χ0v) is 55.1. The van der Waals surface area contributed by atoms with Crippen molar-refractivity contribution in [1.29, 1.82) is 0 Å². The van der Waals surface area contributed by atoms with E-state index in [1.165, 1.54) is 295 Å². The molecule has 0 spiro atoms. The van der Waals surface area contributed by atoms with Crippen LogP contribution in [0, 0.1) is 0 Å². The molecular formula is C75H142O6. The molecule has 0 saturated heterocycles. The molecule has 0 rings (SSSR count). The first-order valence-electron chi connectivity index (χ1n) is 36.8. The Kier molecular flexibility index (Phi) is 68.5. The summed E-state index contributed by atoms with van der Waals surface area (Å²) >= 11 is 0. The van der Waals surface area contributed by atoms with Gasteiger partial charge in [-0.05, 0) is 44.9 Å². The fraction of sp³-hybridized carbons (Fsp3) is 0.907. The highest BCUT2D eigenvalue weighted by molar-refractivity contribution is 5.71. The summed E-state index contributed by atoms with van der Waals surface area (Å²) in [6.07, 6.45) is 86.8. The van der Waals surface area contributed by atoms with E-state index >= 15 is 0 Å². The average molecular weight is 1140 g/mol. The molecule has 0 bridgehead atoms. The van der Waals surface area contributed by atoms with Crippen LogP contribution in [0.15, 0.2) is 24.3 Å². The van der Waals surface area contributed by atoms with Gasteiger partial charge in [-0.1, -0.05) is 379 Å². The van der Waals surface area contributed by atoms with E-state index in [0.29, 0.717) is 19.3 Å². The van der Waals surface area contributed by atoms with Gasteiger partial charge in [0.05, 0.1) is 0 Å². The Bertz CT molecular complexity index is 1310. The van der Waals surface area contributed by atoms with Crippen molar-refractivity contribution < 1.29 is 28.6 Å². The smallest absolute Gasteiger partial charge is 0.306 e. The van der Waals surface area contributed by atoms with Gasteiger partial charge in [0.1, 0.15) is 13.2 Å². The number of hydrogen-bond acceptors (Lipinski definition) is 6. The second kappa shape index (κ2) is 70.4. The molecule has 0 amide bonds. The van der Waals surface area contributed by atoms with Gasteiger partial charge in [-0.25, -0.2) is 0 Å². The van der Waals surface area contributed by atoms with Crippen LogP contribution in [-0.2, 0) is 28.6 Å². The summed E-state index contributed by atoms with van der Waals surface area (Å²) in [5.74, 6) is -0.855. The van der Waals surface area contributed by atoms with Crippen molar-refractivity contribution in [3.63, 3.8) is 0 Å². The summed E-state index contributed by atoms with van der Waals surface area (Å²) in [6.45, 7) is 6.64. The molecule has 0 aromatic carbocycles. The molecule has 0 aliphatic carbocycles. The zero-order valence-electron chi connectivity index (χ0n) is 55.1. The topological polar surface area (TPSA) is 78.9 Å². The number of hydrogen-bond donors (Lipinski definition) is 0. The SMILES string of the molecule is CCC/C=C\C/C=C\CCCCCCCC(=O)OCC(COC(=O)CCCCCCCCCCCCCCCCCCCCCCCCCCCCCCCCCCCCC)OC(=O)CCCCCCCCCCCCCCCCC. The number of ether oxygens (including phenoxy) is 3. The fourth-order valence-corrected chi connectivity index (χ4v) is 11.4. The Balaban J connectivity index is 4.02. The van der Waals surface area contributed by atoms with Crippen molar-refractivity contribution in [1.82, 2.24) is 0 Å². The summed E-state index contributed by atoms with van der Waals surface area (Å²) < 4.78 is 17.0. The lowest BCUT2D eigenvalue weighted by molar-refractivity contribution is -0.167. The van der Waals surface area contributed by atoms with E-state index in [1.807, 2.05) is 0 Å². The van der Waals surface area contributed by atoms with Crippen molar-refractivity contribution in [3.05, 3.63) is 24.3 Å². The maximum atomic E-state index is 12.9. The maximum Gasteiger partial charge on any atom is 0.306 e. The van der Waals surface area contributed by atoms with Crippen LogP contribution in [-0.4, -0.2) is 37.2 Å². The minimum atomic E-state index is -0.773. The van der Waals surface area contributed by atoms with Gasteiger partial charge < -0.3 is 14.2 Å². The Labute approximate surface area is 506 Å². The minimum absolute atomic E-state index is 0.0696. The van der Waals surface area contributed by atoms with E-state index in [2.05, 4.69) is 45.1 Å². The molecule has 0 saturated carbocycles. The Morgan fingerprint density at radius 3 is 0.728 bits per heavy atom. The Morgan fingerprint density at radius 2 is 0.469 bits per heavy atom. The minimum Gasteiger partial charge on any atom is -0.462 e. The number of allylic oxidation sites excluding steroid dienone is 4. The molecule has 1 unspecified atom stereocenters. The van der Waals surface area contributed by atoms with Crippen LogP contribution < -0.4 is 0 Å². The molecule has 0 N–H and O–H groups in total. The molecule has 0 radical (unpaired) electrons. The second-order valence-corrected chi connectivity index (χ2v) is 25.2. The normalized spacial score (nSPS) is 12.1. The first kappa shape index (κ1) is 78.9. The van der Waals surface area contributed by atoms with Gasteiger partial charge in [-0.3, -0.25) is 14.4 Å². The monoisotopic (exact) mass is 1140 g/mol. The maximum absolute atomic E-state index is 12.9. The number of carbonyl (C=O) groups excluding carboxylic acids is 3. The first-order valence-corrected chi connectivity index (χ1v) is 36.8. The van der Waals surface area contributed by atoms with Crippen molar-refractivity contribution in [2.75, 3.05) is 13.2 Å². The molecule has 6 heteroatoms. The average Bonchev–Trinajstić information content (AvgIpc) is 3.46. The van der Waals surface area contributed by atoms with Crippen LogP contribution in [0.2, 0.25) is 0 Å². The van der Waals surface area contributed by atoms with Crippen molar-refractivity contribution in [2.24, 2.45) is 0 Å². The second-order valence-electron chi connectivity index (χ2n) is 25.2. The predicted molar refractivity (Wildman–Crippen MR) is 353 cm³/mol. The van der Waals surface area contributed by atoms with Gasteiger partial charge in [0.2, 0.25) is 0 Å². The van der Waals surface area contributed by atoms with Crippen molar-refractivity contribution in [3.8, 4) is 0 Å². The first-order chi connectivity index (χ1) is 40.0. The molecule has 0 heterocycles. The molecule has 0 aliphatic heterocycles. The van der Waals surface area contributed by atoms with Gasteiger partial charge >= 0.3 is 17.9 Å². The van der Waals surface area contributed by atoms with E-state index in [4.69, 9.17) is 14.2 Å². The van der Waals surface area contributed by atoms with Crippen LogP contribution in [0.3, 0.4) is 0 Å². The highest BCUT2D eigenvalue weighted by Gasteiger charge is 2.20. The van der Waals surface area contributed by atoms with Crippen molar-refractivity contribution >= 4 is 17.9 Å². The molecule has 0 aromatic rings. The highest BCUT2D eigenvalue weighted by atomic mass is 16.6. The quantitative estimate of drug-likeness (QED) is 0.0261. The molecule has 0 fully saturated rings. The van der Waals surface area contributed by atoms with Gasteiger partial charge in [-0.15, -0.1) is 0 Å². The summed E-state index contributed by atoms with van der Waals surface area (Å²) in [7, 11) is 0. The molecule has 81 heavy (non-hydrogen) atoms. The fourth-order valence-electron chi connectivity index (χ4n) is 11.4. The van der Waals surface area contributed by atoms with E-state index < -0.39 is 6.10 Å². The standard InChI is InChI=1S/C75H142O6/c1-4-7-10-13-16-19-22-25-27-28-29-30-31-32-33-34-35-36-37-38-39-40-41-42-43-44-45-46-48-50-53-56-59-62-65-68-74(77)80-71-72(70-79-73(76)67-64-61-58-55-52-49-24-21-18-15-12-9-6-3)81-75(78)69-66-63-60-57-54-51-47-26-23-20-17-14-11-8-5-2/h12,15,21,24,72H,4-11,13-14,16-20,22-23,25-71H2,1-3H3/b15-12-,24-21-. The summed E-state index contributed by atoms with van der Waals surface area (Å²) in [4.78, 5) is 38.3. The van der Waals surface area contributed by atoms with Crippen LogP contribution in [0.1, 0.15) is 419 Å². The van der Waals surface area contributed by atoms with E-state index in [0.717, 1.165) is 83.5 Å². The predicted octanol–water partition coefficient (Wildman–Crippen LogP) is 25.3. The van der Waals surface area contributed by atoms with E-state index in [9.17, 15) is 14.4 Å². The van der Waals surface area contributed by atoms with Gasteiger partial charge in [-0.2, -0.15) is 0 Å². The van der Waals surface area contributed by atoms with Crippen LogP contribution in [0.5, 0.6) is 0 Å². The van der Waals surface area contributed by atoms with Crippen LogP contribution in [0.25, 0.3) is 0 Å². The lowest BCUT2D eigenvalue weighted by atomic mass is 10.0. The number of unbranched alkanes of at least 4 members (excludes halogenated alkanes) is 54. The van der Waals surface area contributed by atoms with E-state index in [-0.39, 0.29) is 31.1 Å². The third kappa shape index (κ3) is 68.6. The lowest BCUT2D eigenvalue weighted by Gasteiger charge is -2.18. The van der Waals surface area contributed by atoms with Gasteiger partial charge in [0, 0.05) is 19.3 Å². The highest BCUT2D eigenvalue weighted by Crippen LogP contribution is 2.19. The molecule has 1 atom stereocenters. The Morgan fingerprint density at radius 1 is 0.247 bits per heavy atom.